The number of esters is 1. The van der Waals surface area contributed by atoms with Crippen LogP contribution in [0.15, 0.2) is 36.4 Å². The van der Waals surface area contributed by atoms with E-state index >= 15 is 0 Å². The predicted molar refractivity (Wildman–Crippen MR) is 78.8 cm³/mol. The third-order valence-electron chi connectivity index (χ3n) is 4.63. The van der Waals surface area contributed by atoms with E-state index in [1.54, 1.807) is 0 Å². The molecule has 3 heterocycles. The summed E-state index contributed by atoms with van der Waals surface area (Å²) in [6.07, 6.45) is 0. The normalized spacial score (nSPS) is 23.7. The van der Waals surface area contributed by atoms with E-state index in [1.807, 2.05) is 24.3 Å². The van der Waals surface area contributed by atoms with Gasteiger partial charge in [-0.05, 0) is 17.7 Å². The number of hydrogen-bond donors (Lipinski definition) is 1. The van der Waals surface area contributed by atoms with Gasteiger partial charge in [-0.3, -0.25) is 0 Å². The molecule has 110 valence electrons. The van der Waals surface area contributed by atoms with Crippen molar-refractivity contribution in [3.8, 4) is 17.2 Å². The number of fused-ring (bicyclic) bond motifs is 5. The Bertz CT molecular complexity index is 816. The van der Waals surface area contributed by atoms with Crippen LogP contribution in [0.3, 0.4) is 0 Å². The average molecular weight is 295 g/mol. The van der Waals surface area contributed by atoms with Crippen molar-refractivity contribution in [3.63, 3.8) is 0 Å². The Morgan fingerprint density at radius 1 is 1.00 bits per heavy atom. The molecule has 2 aromatic carbocycles. The number of hydrogen-bond acceptors (Lipinski definition) is 5. The number of rotatable bonds is 0. The fourth-order valence-electron chi connectivity index (χ4n) is 3.56. The molecule has 0 saturated carbocycles. The van der Waals surface area contributed by atoms with Crippen molar-refractivity contribution < 1.29 is 19.0 Å². The number of carbonyl (C=O) groups is 1. The minimum Gasteiger partial charge on any atom is -0.492 e. The lowest BCUT2D eigenvalue weighted by atomic mass is 9.77. The first-order valence-electron chi connectivity index (χ1n) is 7.24. The molecule has 0 aromatic heterocycles. The van der Waals surface area contributed by atoms with Gasteiger partial charge in [0, 0.05) is 23.9 Å². The molecule has 5 rings (SSSR count). The molecule has 3 aliphatic heterocycles. The number of nitrogens with one attached hydrogen (secondary N) is 1. The number of benzene rings is 2. The van der Waals surface area contributed by atoms with Crippen LogP contribution in [0.1, 0.15) is 11.1 Å². The van der Waals surface area contributed by atoms with Gasteiger partial charge < -0.3 is 19.5 Å². The first kappa shape index (κ1) is 11.9. The Morgan fingerprint density at radius 3 is 2.86 bits per heavy atom. The quantitative estimate of drug-likeness (QED) is 0.596. The molecule has 1 N–H and O–H groups in total. The highest BCUT2D eigenvalue weighted by molar-refractivity contribution is 5.78. The summed E-state index contributed by atoms with van der Waals surface area (Å²) in [4.78, 5) is 11.4. The van der Waals surface area contributed by atoms with E-state index in [-0.39, 0.29) is 18.0 Å². The van der Waals surface area contributed by atoms with Crippen molar-refractivity contribution in [2.24, 2.45) is 0 Å². The SMILES string of the molecule is O=C1COc2cc3c(cc2O1)C1(CNc2ccccc21)CO3. The Kier molecular flexibility index (Phi) is 2.13. The van der Waals surface area contributed by atoms with Crippen LogP contribution in [0.25, 0.3) is 0 Å². The fraction of sp³-hybridized carbons (Fsp3) is 0.235. The van der Waals surface area contributed by atoms with E-state index in [2.05, 4.69) is 17.4 Å². The second-order valence-electron chi connectivity index (χ2n) is 5.83. The molecule has 0 amide bonds. The van der Waals surface area contributed by atoms with Crippen LogP contribution in [0.4, 0.5) is 5.69 Å². The molecule has 0 aliphatic carbocycles. The molecule has 0 fully saturated rings. The smallest absolute Gasteiger partial charge is 0.349 e. The minimum atomic E-state index is -0.370. The van der Waals surface area contributed by atoms with Gasteiger partial charge >= 0.3 is 5.97 Å². The Morgan fingerprint density at radius 2 is 1.91 bits per heavy atom. The van der Waals surface area contributed by atoms with Crippen molar-refractivity contribution in [2.45, 2.75) is 5.41 Å². The zero-order valence-electron chi connectivity index (χ0n) is 11.7. The summed E-state index contributed by atoms with van der Waals surface area (Å²) < 4.78 is 16.6. The molecule has 1 atom stereocenters. The van der Waals surface area contributed by atoms with Crippen molar-refractivity contribution >= 4 is 11.7 Å². The number of ether oxygens (including phenoxy) is 3. The second kappa shape index (κ2) is 3.94. The third-order valence-corrected chi connectivity index (χ3v) is 4.63. The number of para-hydroxylation sites is 1. The Balaban J connectivity index is 1.70. The van der Waals surface area contributed by atoms with Crippen LogP contribution in [0.2, 0.25) is 0 Å². The molecule has 0 radical (unpaired) electrons. The summed E-state index contributed by atoms with van der Waals surface area (Å²) in [5.74, 6) is 1.47. The highest BCUT2D eigenvalue weighted by Crippen LogP contribution is 2.52. The highest BCUT2D eigenvalue weighted by atomic mass is 16.6. The van der Waals surface area contributed by atoms with Crippen LogP contribution < -0.4 is 19.5 Å². The van der Waals surface area contributed by atoms with E-state index in [4.69, 9.17) is 14.2 Å². The van der Waals surface area contributed by atoms with Crippen molar-refractivity contribution in [3.05, 3.63) is 47.5 Å². The van der Waals surface area contributed by atoms with Crippen molar-refractivity contribution in [1.29, 1.82) is 0 Å². The zero-order valence-corrected chi connectivity index (χ0v) is 11.7. The van der Waals surface area contributed by atoms with Crippen molar-refractivity contribution in [2.75, 3.05) is 25.1 Å². The maximum absolute atomic E-state index is 11.4. The summed E-state index contributed by atoms with van der Waals surface area (Å²) in [7, 11) is 0. The first-order chi connectivity index (χ1) is 10.8. The maximum atomic E-state index is 11.4. The molecule has 5 heteroatoms. The monoisotopic (exact) mass is 295 g/mol. The lowest BCUT2D eigenvalue weighted by molar-refractivity contribution is -0.138. The first-order valence-corrected chi connectivity index (χ1v) is 7.24. The van der Waals surface area contributed by atoms with Gasteiger partial charge in [0.05, 0.1) is 5.41 Å². The van der Waals surface area contributed by atoms with Crippen LogP contribution in [-0.4, -0.2) is 25.7 Å². The van der Waals surface area contributed by atoms with E-state index in [0.717, 1.165) is 23.5 Å². The topological polar surface area (TPSA) is 56.8 Å². The van der Waals surface area contributed by atoms with Gasteiger partial charge in [-0.1, -0.05) is 18.2 Å². The fourth-order valence-corrected chi connectivity index (χ4v) is 3.56. The lowest BCUT2D eigenvalue weighted by Crippen LogP contribution is -2.31. The highest BCUT2D eigenvalue weighted by Gasteiger charge is 2.47. The molecule has 0 bridgehead atoms. The maximum Gasteiger partial charge on any atom is 0.349 e. The minimum absolute atomic E-state index is 0.0542. The molecule has 3 aliphatic rings. The second-order valence-corrected chi connectivity index (χ2v) is 5.83. The van der Waals surface area contributed by atoms with E-state index in [1.165, 1.54) is 5.56 Å². The molecule has 5 nitrogen and oxygen atoms in total. The van der Waals surface area contributed by atoms with Gasteiger partial charge in [0.25, 0.3) is 0 Å². The van der Waals surface area contributed by atoms with Crippen LogP contribution in [-0.2, 0) is 10.2 Å². The summed E-state index contributed by atoms with van der Waals surface area (Å²) in [5.41, 5.74) is 3.16. The molecular formula is C17H13NO4. The van der Waals surface area contributed by atoms with Crippen molar-refractivity contribution in [1.82, 2.24) is 0 Å². The van der Waals surface area contributed by atoms with E-state index < -0.39 is 0 Å². The Hall–Kier alpha value is -2.69. The Labute approximate surface area is 126 Å². The summed E-state index contributed by atoms with van der Waals surface area (Å²) >= 11 is 0. The molecule has 22 heavy (non-hydrogen) atoms. The molecule has 1 spiro atoms. The summed E-state index contributed by atoms with van der Waals surface area (Å²) in [5, 5.41) is 3.44. The van der Waals surface area contributed by atoms with Gasteiger partial charge in [-0.15, -0.1) is 0 Å². The molecule has 2 aromatic rings. The van der Waals surface area contributed by atoms with Gasteiger partial charge in [0.1, 0.15) is 12.4 Å². The average Bonchev–Trinajstić information content (AvgIpc) is 3.09. The summed E-state index contributed by atoms with van der Waals surface area (Å²) in [6.45, 7) is 1.29. The molecule has 0 saturated heterocycles. The van der Waals surface area contributed by atoms with Crippen LogP contribution in [0.5, 0.6) is 17.2 Å². The number of carbonyl (C=O) groups excluding carboxylic acids is 1. The summed E-state index contributed by atoms with van der Waals surface area (Å²) in [6, 6.07) is 12.0. The zero-order chi connectivity index (χ0) is 14.7. The van der Waals surface area contributed by atoms with E-state index in [9.17, 15) is 4.79 Å². The largest absolute Gasteiger partial charge is 0.492 e. The molecular weight excluding hydrogens is 282 g/mol. The number of anilines is 1. The van der Waals surface area contributed by atoms with Crippen LogP contribution in [0, 0.1) is 0 Å². The molecule has 1 unspecified atom stereocenters. The van der Waals surface area contributed by atoms with Gasteiger partial charge in [0.15, 0.2) is 18.1 Å². The predicted octanol–water partition coefficient (Wildman–Crippen LogP) is 2.09. The van der Waals surface area contributed by atoms with Gasteiger partial charge in [-0.25, -0.2) is 4.79 Å². The van der Waals surface area contributed by atoms with Crippen LogP contribution >= 0.6 is 0 Å². The lowest BCUT2D eigenvalue weighted by Gasteiger charge is -2.23. The van der Waals surface area contributed by atoms with Gasteiger partial charge in [-0.2, -0.15) is 0 Å². The van der Waals surface area contributed by atoms with Gasteiger partial charge in [0.2, 0.25) is 0 Å². The standard InChI is InChI=1S/C17H13NO4/c19-16-7-20-14-6-13-11(5-15(14)22-16)17(9-21-13)8-18-12-4-2-1-3-10(12)17/h1-6,18H,7-9H2. The van der Waals surface area contributed by atoms with E-state index in [0.29, 0.717) is 18.1 Å². The third kappa shape index (κ3) is 1.40.